The Labute approximate surface area is 103 Å². The van der Waals surface area contributed by atoms with E-state index in [9.17, 15) is 4.79 Å². The third kappa shape index (κ3) is 4.86. The van der Waals surface area contributed by atoms with Crippen molar-refractivity contribution in [2.24, 2.45) is 0 Å². The van der Waals surface area contributed by atoms with Gasteiger partial charge in [-0.3, -0.25) is 0 Å². The van der Waals surface area contributed by atoms with E-state index in [-0.39, 0.29) is 32.7 Å². The van der Waals surface area contributed by atoms with Gasteiger partial charge in [0.1, 0.15) is 0 Å². The first-order chi connectivity index (χ1) is 5.83. The van der Waals surface area contributed by atoms with E-state index < -0.39 is 0 Å². The van der Waals surface area contributed by atoms with Gasteiger partial charge < -0.3 is 10.1 Å². The van der Waals surface area contributed by atoms with E-state index in [0.29, 0.717) is 12.0 Å². The molecule has 1 rings (SSSR count). The van der Waals surface area contributed by atoms with Gasteiger partial charge in [-0.05, 0) is 0 Å². The van der Waals surface area contributed by atoms with Gasteiger partial charge in [0.15, 0.2) is 0 Å². The minimum Gasteiger partial charge on any atom is -0.412 e. The van der Waals surface area contributed by atoms with Gasteiger partial charge in [0.2, 0.25) is 0 Å². The van der Waals surface area contributed by atoms with Gasteiger partial charge in [0.25, 0.3) is 0 Å². The number of benzene rings is 1. The topological polar surface area (TPSA) is 29.1 Å². The van der Waals surface area contributed by atoms with Crippen LogP contribution in [0.3, 0.4) is 0 Å². The Morgan fingerprint density at radius 3 is 2.92 bits per heavy atom. The Bertz CT molecular complexity index is 272. The summed E-state index contributed by atoms with van der Waals surface area (Å²) in [7, 11) is 0. The average Bonchev–Trinajstić information content (AvgIpc) is 2.06. The molecule has 1 aromatic carbocycles. The van der Waals surface area contributed by atoms with Crippen molar-refractivity contribution in [2.45, 2.75) is 0 Å². The van der Waals surface area contributed by atoms with E-state index >= 15 is 0 Å². The average molecular weight is 248 g/mol. The molecule has 0 heterocycles. The van der Waals surface area contributed by atoms with Crippen LogP contribution in [0.1, 0.15) is 0 Å². The number of carbonyl (C=O) groups excluding carboxylic acids is 1. The number of aldehydes is 1. The second-order valence-corrected chi connectivity index (χ2v) is 2.23. The minimum atomic E-state index is 0. The molecule has 0 unspecified atom stereocenters. The zero-order chi connectivity index (χ0) is 8.81. The summed E-state index contributed by atoms with van der Waals surface area (Å²) in [6.07, 6.45) is 2.05. The normalized spacial score (nSPS) is 8.00. The van der Waals surface area contributed by atoms with Gasteiger partial charge in [0.05, 0.1) is 6.29 Å². The first kappa shape index (κ1) is 12.4. The van der Waals surface area contributed by atoms with Crippen LogP contribution >= 0.6 is 0 Å². The van der Waals surface area contributed by atoms with Crippen molar-refractivity contribution < 1.29 is 37.5 Å². The molecular weight excluding hydrogens is 239 g/mol. The number of para-hydroxylation sites is 1. The van der Waals surface area contributed by atoms with Crippen molar-refractivity contribution in [3.05, 3.63) is 49.0 Å². The van der Waals surface area contributed by atoms with Gasteiger partial charge in [-0.2, -0.15) is 24.3 Å². The van der Waals surface area contributed by atoms with E-state index in [1.807, 2.05) is 18.2 Å². The molecule has 0 saturated heterocycles. The monoisotopic (exact) mass is 248 g/mol. The molecule has 0 aliphatic heterocycles. The SMILES string of the molecule is C=C([CH-]C=O)Nc1[c-]cccc1.[Y]. The number of hydrogen-bond donors (Lipinski definition) is 1. The van der Waals surface area contributed by atoms with Gasteiger partial charge in [-0.15, -0.1) is 18.2 Å². The van der Waals surface area contributed by atoms with Crippen LogP contribution in [-0.2, 0) is 37.5 Å². The predicted molar refractivity (Wildman–Crippen MR) is 48.4 cm³/mol. The molecule has 65 valence electrons. The van der Waals surface area contributed by atoms with Crippen LogP contribution in [0.4, 0.5) is 5.69 Å². The van der Waals surface area contributed by atoms with Gasteiger partial charge >= 0.3 is 0 Å². The molecule has 0 atom stereocenters. The number of anilines is 1. The molecule has 0 spiro atoms. The largest absolute Gasteiger partial charge is 0.412 e. The number of hydrogen-bond acceptors (Lipinski definition) is 2. The molecule has 2 nitrogen and oxygen atoms in total. The van der Waals surface area contributed by atoms with Gasteiger partial charge in [-0.25, -0.2) is 6.58 Å². The fourth-order valence-electron chi connectivity index (χ4n) is 0.768. The molecule has 1 radical (unpaired) electrons. The third-order valence-electron chi connectivity index (χ3n) is 1.27. The fourth-order valence-corrected chi connectivity index (χ4v) is 0.768. The first-order valence-electron chi connectivity index (χ1n) is 3.54. The molecule has 0 fully saturated rings. The molecular formula is C10H9NOY-2. The van der Waals surface area contributed by atoms with Crippen LogP contribution in [-0.4, -0.2) is 6.29 Å². The standard InChI is InChI=1S/C10H9NO.Y/c1-9(7-8-12)11-10-5-3-2-4-6-10;/h2-5,7-8,11H,1H2;/q-2;. The summed E-state index contributed by atoms with van der Waals surface area (Å²) in [6, 6.07) is 10.3. The summed E-state index contributed by atoms with van der Waals surface area (Å²) in [5.74, 6) is 0. The van der Waals surface area contributed by atoms with Crippen molar-refractivity contribution in [1.29, 1.82) is 0 Å². The van der Waals surface area contributed by atoms with Crippen LogP contribution < -0.4 is 5.32 Å². The van der Waals surface area contributed by atoms with E-state index in [1.165, 1.54) is 6.42 Å². The van der Waals surface area contributed by atoms with Crippen molar-refractivity contribution in [3.63, 3.8) is 0 Å². The molecule has 1 N–H and O–H groups in total. The predicted octanol–water partition coefficient (Wildman–Crippen LogP) is 1.81. The molecule has 0 aliphatic rings. The number of allylic oxidation sites excluding steroid dienone is 1. The van der Waals surface area contributed by atoms with Crippen LogP contribution in [0.25, 0.3) is 0 Å². The van der Waals surface area contributed by atoms with E-state index in [2.05, 4.69) is 18.0 Å². The zero-order valence-electron chi connectivity index (χ0n) is 7.16. The smallest absolute Gasteiger partial charge is 0.0646 e. The van der Waals surface area contributed by atoms with Crippen LogP contribution in [0.5, 0.6) is 0 Å². The Morgan fingerprint density at radius 2 is 2.38 bits per heavy atom. The van der Waals surface area contributed by atoms with Gasteiger partial charge in [0, 0.05) is 32.7 Å². The van der Waals surface area contributed by atoms with E-state index in [1.54, 1.807) is 6.07 Å². The van der Waals surface area contributed by atoms with E-state index in [4.69, 9.17) is 0 Å². The quantitative estimate of drug-likeness (QED) is 0.650. The summed E-state index contributed by atoms with van der Waals surface area (Å²) in [4.78, 5) is 10.0. The van der Waals surface area contributed by atoms with Crippen molar-refractivity contribution in [2.75, 3.05) is 5.32 Å². The summed E-state index contributed by atoms with van der Waals surface area (Å²) >= 11 is 0. The molecule has 0 saturated carbocycles. The third-order valence-corrected chi connectivity index (χ3v) is 1.27. The maximum Gasteiger partial charge on any atom is 0.0646 e. The first-order valence-corrected chi connectivity index (χ1v) is 3.54. The Kier molecular flexibility index (Phi) is 6.56. The summed E-state index contributed by atoms with van der Waals surface area (Å²) in [5.41, 5.74) is 1.37. The Balaban J connectivity index is 0.00000144. The van der Waals surface area contributed by atoms with Crippen LogP contribution in [0.2, 0.25) is 0 Å². The number of nitrogens with one attached hydrogen (secondary N) is 1. The molecule has 0 bridgehead atoms. The fraction of sp³-hybridized carbons (Fsp3) is 0. The van der Waals surface area contributed by atoms with Crippen molar-refractivity contribution in [3.8, 4) is 0 Å². The summed E-state index contributed by atoms with van der Waals surface area (Å²) in [5, 5.41) is 2.91. The number of rotatable bonds is 4. The minimum absolute atomic E-state index is 0. The zero-order valence-corrected chi connectivity index (χ0v) is 10.00. The molecule has 13 heavy (non-hydrogen) atoms. The molecule has 0 aromatic heterocycles. The van der Waals surface area contributed by atoms with E-state index in [0.717, 1.165) is 5.69 Å². The maximum atomic E-state index is 10.0. The second kappa shape index (κ2) is 6.87. The van der Waals surface area contributed by atoms with Crippen molar-refractivity contribution >= 4 is 12.0 Å². The van der Waals surface area contributed by atoms with Crippen molar-refractivity contribution in [1.82, 2.24) is 0 Å². The molecule has 3 heteroatoms. The van der Waals surface area contributed by atoms with Gasteiger partial charge in [-0.1, -0.05) is 5.69 Å². The Morgan fingerprint density at radius 1 is 1.62 bits per heavy atom. The molecule has 0 aliphatic carbocycles. The molecule has 1 aromatic rings. The summed E-state index contributed by atoms with van der Waals surface area (Å²) in [6.45, 7) is 3.62. The number of carbonyl (C=O) groups is 1. The van der Waals surface area contributed by atoms with Crippen LogP contribution in [0, 0.1) is 12.5 Å². The Hall–Kier alpha value is -0.596. The molecule has 0 amide bonds. The maximum absolute atomic E-state index is 10.0. The second-order valence-electron chi connectivity index (χ2n) is 2.23. The summed E-state index contributed by atoms with van der Waals surface area (Å²) < 4.78 is 0. The van der Waals surface area contributed by atoms with Crippen LogP contribution in [0.15, 0.2) is 36.5 Å².